The number of nitrogens with one attached hydrogen (secondary N) is 1. The van der Waals surface area contributed by atoms with E-state index in [2.05, 4.69) is 15.5 Å². The van der Waals surface area contributed by atoms with Gasteiger partial charge in [0.1, 0.15) is 5.82 Å². The average Bonchev–Trinajstić information content (AvgIpc) is 3.92. The number of nitrogens with zero attached hydrogens (tertiary/aromatic N) is 4. The Labute approximate surface area is 274 Å². The number of thiophene rings is 1. The Morgan fingerprint density at radius 3 is 2.62 bits per heavy atom. The van der Waals surface area contributed by atoms with Crippen molar-refractivity contribution in [2.24, 2.45) is 0 Å². The van der Waals surface area contributed by atoms with Crippen molar-refractivity contribution in [2.75, 3.05) is 13.7 Å². The average molecular weight is 650 g/mol. The molecule has 5 aromatic rings. The Bertz CT molecular complexity index is 2020. The Hall–Kier alpha value is -4.74. The van der Waals surface area contributed by atoms with Crippen LogP contribution in [0.5, 0.6) is 0 Å². The summed E-state index contributed by atoms with van der Waals surface area (Å²) in [7, 11) is 1.69. The Kier molecular flexibility index (Phi) is 7.45. The van der Waals surface area contributed by atoms with E-state index < -0.39 is 0 Å². The first-order chi connectivity index (χ1) is 22.9. The van der Waals surface area contributed by atoms with Gasteiger partial charge in [0.2, 0.25) is 11.8 Å². The number of hydrogen-bond donors (Lipinski definition) is 1. The van der Waals surface area contributed by atoms with Crippen LogP contribution in [0, 0.1) is 12.7 Å². The number of aryl methyl sites for hydroxylation is 3. The molecular formula is C36H32FN5O4S. The van der Waals surface area contributed by atoms with Gasteiger partial charge in [-0.15, -0.1) is 21.5 Å². The van der Waals surface area contributed by atoms with Crippen molar-refractivity contribution in [3.8, 4) is 21.9 Å². The van der Waals surface area contributed by atoms with Gasteiger partial charge in [0.25, 0.3) is 11.8 Å². The second kappa shape index (κ2) is 11.8. The minimum absolute atomic E-state index is 0.0693. The third kappa shape index (κ3) is 5.14. The fraction of sp³-hybridized carbons (Fsp3) is 0.306. The Morgan fingerprint density at radius 1 is 1.04 bits per heavy atom. The van der Waals surface area contributed by atoms with E-state index in [0.29, 0.717) is 53.3 Å². The summed E-state index contributed by atoms with van der Waals surface area (Å²) >= 11 is 1.33. The summed E-state index contributed by atoms with van der Waals surface area (Å²) in [5, 5.41) is 11.7. The number of carbonyl (C=O) groups excluding carboxylic acids is 2. The molecule has 11 heteroatoms. The number of carbonyl (C=O) groups is 2. The van der Waals surface area contributed by atoms with Crippen LogP contribution in [-0.2, 0) is 17.6 Å². The van der Waals surface area contributed by atoms with Gasteiger partial charge in [0.05, 0.1) is 45.6 Å². The highest BCUT2D eigenvalue weighted by molar-refractivity contribution is 7.17. The topological polar surface area (TPSA) is 110 Å². The summed E-state index contributed by atoms with van der Waals surface area (Å²) in [6, 6.07) is 17.9. The summed E-state index contributed by atoms with van der Waals surface area (Å²) < 4.78 is 25.3. The number of aromatic nitrogens is 3. The molecule has 5 heterocycles. The van der Waals surface area contributed by atoms with Crippen LogP contribution in [-0.4, -0.2) is 45.6 Å². The molecule has 0 saturated carbocycles. The van der Waals surface area contributed by atoms with Crippen LogP contribution in [0.4, 0.5) is 4.39 Å². The van der Waals surface area contributed by atoms with Crippen molar-refractivity contribution in [2.45, 2.75) is 57.2 Å². The molecule has 0 spiro atoms. The lowest BCUT2D eigenvalue weighted by atomic mass is 9.93. The molecule has 1 fully saturated rings. The maximum Gasteiger partial charge on any atom is 0.261 e. The second-order valence-electron chi connectivity index (χ2n) is 12.3. The van der Waals surface area contributed by atoms with Gasteiger partial charge in [0.15, 0.2) is 0 Å². The van der Waals surface area contributed by atoms with Gasteiger partial charge in [-0.3, -0.25) is 14.6 Å². The monoisotopic (exact) mass is 649 g/mol. The predicted octanol–water partition coefficient (Wildman–Crippen LogP) is 6.95. The van der Waals surface area contributed by atoms with Crippen LogP contribution in [0.2, 0.25) is 0 Å². The lowest BCUT2D eigenvalue weighted by Crippen LogP contribution is -2.26. The second-order valence-corrected chi connectivity index (χ2v) is 13.3. The number of benzene rings is 2. The molecule has 3 aromatic heterocycles. The van der Waals surface area contributed by atoms with Crippen molar-refractivity contribution >= 4 is 23.2 Å². The highest BCUT2D eigenvalue weighted by atomic mass is 32.1. The number of amides is 2. The lowest BCUT2D eigenvalue weighted by Gasteiger charge is -2.16. The summed E-state index contributed by atoms with van der Waals surface area (Å²) in [5.74, 6) is 0.110. The molecular weight excluding hydrogens is 617 g/mol. The van der Waals surface area contributed by atoms with E-state index >= 15 is 0 Å². The normalized spacial score (nSPS) is 19.6. The lowest BCUT2D eigenvalue weighted by molar-refractivity contribution is 0.0775. The molecule has 238 valence electrons. The molecule has 2 aromatic carbocycles. The molecule has 0 bridgehead atoms. The third-order valence-corrected chi connectivity index (χ3v) is 10.6. The number of hydrogen-bond acceptors (Lipinski definition) is 8. The van der Waals surface area contributed by atoms with E-state index in [9.17, 15) is 14.0 Å². The van der Waals surface area contributed by atoms with Gasteiger partial charge >= 0.3 is 0 Å². The highest BCUT2D eigenvalue weighted by Gasteiger charge is 2.45. The van der Waals surface area contributed by atoms with Gasteiger partial charge in [-0.1, -0.05) is 36.4 Å². The van der Waals surface area contributed by atoms with E-state index in [1.54, 1.807) is 32.2 Å². The first kappa shape index (κ1) is 29.6. The van der Waals surface area contributed by atoms with Crippen molar-refractivity contribution < 1.29 is 23.1 Å². The highest BCUT2D eigenvalue weighted by Crippen LogP contribution is 2.49. The summed E-state index contributed by atoms with van der Waals surface area (Å²) in [6.45, 7) is 2.39. The third-order valence-electron chi connectivity index (χ3n) is 9.48. The minimum atomic E-state index is -0.290. The number of ether oxygens (including phenoxy) is 1. The number of fused-ring (bicyclic) bond motifs is 4. The van der Waals surface area contributed by atoms with Crippen LogP contribution in [0.25, 0.3) is 21.9 Å². The van der Waals surface area contributed by atoms with E-state index in [1.807, 2.05) is 35.2 Å². The number of rotatable bonds is 8. The van der Waals surface area contributed by atoms with Crippen LogP contribution in [0.1, 0.15) is 91.4 Å². The molecule has 9 nitrogen and oxygen atoms in total. The molecule has 8 rings (SSSR count). The van der Waals surface area contributed by atoms with E-state index in [4.69, 9.17) is 14.1 Å². The molecule has 1 aliphatic carbocycles. The van der Waals surface area contributed by atoms with Gasteiger partial charge in [-0.05, 0) is 66.6 Å². The molecule has 2 aliphatic heterocycles. The zero-order valence-electron chi connectivity index (χ0n) is 26.0. The first-order valence-electron chi connectivity index (χ1n) is 15.8. The van der Waals surface area contributed by atoms with E-state index in [1.165, 1.54) is 23.5 Å². The fourth-order valence-corrected chi connectivity index (χ4v) is 8.26. The van der Waals surface area contributed by atoms with Crippen LogP contribution in [0.15, 0.2) is 65.1 Å². The van der Waals surface area contributed by atoms with Crippen molar-refractivity contribution in [3.05, 3.63) is 111 Å². The molecule has 0 unspecified atom stereocenters. The van der Waals surface area contributed by atoms with Crippen LogP contribution in [0.3, 0.4) is 0 Å². The van der Waals surface area contributed by atoms with E-state index in [-0.39, 0.29) is 41.7 Å². The Balaban J connectivity index is 1.21. The molecule has 1 saturated heterocycles. The largest absolute Gasteiger partial charge is 0.421 e. The SMILES string of the molecule is CO[C@H]1C[C@H](NC(=O)c2ccc(-c3c4c(nc(CCc5ccc(F)cc5)c3-c3nnc(C)o3)[C@H]3CCCN3C4=O)s2)c2ccccc21. The van der Waals surface area contributed by atoms with Crippen molar-refractivity contribution in [1.29, 1.82) is 0 Å². The number of halogens is 1. The smallest absolute Gasteiger partial charge is 0.261 e. The zero-order valence-corrected chi connectivity index (χ0v) is 26.8. The summed E-state index contributed by atoms with van der Waals surface area (Å²) in [5.41, 5.74) is 6.39. The minimum Gasteiger partial charge on any atom is -0.421 e. The molecule has 0 radical (unpaired) electrons. The van der Waals surface area contributed by atoms with E-state index in [0.717, 1.165) is 45.8 Å². The molecule has 3 atom stereocenters. The Morgan fingerprint density at radius 2 is 1.85 bits per heavy atom. The van der Waals surface area contributed by atoms with Crippen molar-refractivity contribution in [1.82, 2.24) is 25.4 Å². The van der Waals surface area contributed by atoms with Gasteiger partial charge < -0.3 is 19.4 Å². The van der Waals surface area contributed by atoms with Gasteiger partial charge in [0, 0.05) is 37.4 Å². The quantitative estimate of drug-likeness (QED) is 0.194. The molecule has 47 heavy (non-hydrogen) atoms. The first-order valence-corrected chi connectivity index (χ1v) is 16.7. The number of pyridine rings is 1. The molecule has 2 amide bonds. The van der Waals surface area contributed by atoms with Gasteiger partial charge in [-0.25, -0.2) is 4.39 Å². The maximum atomic E-state index is 14.0. The number of methoxy groups -OCH3 is 1. The standard InChI is InChI=1S/C36H32FN5O4S/c1-19-40-41-35(46-19)30-24(14-11-20-9-12-21(37)13-10-20)38-33-26-8-5-17-42(26)36(44)32(33)31(30)28-15-16-29(47-28)34(43)39-25-18-27(45-2)23-7-4-3-6-22(23)25/h3-4,6-7,9-10,12-13,15-16,25-27H,5,8,11,14,17-18H2,1-2H3,(H,39,43)/t25-,26+,27-/m0/s1. The summed E-state index contributed by atoms with van der Waals surface area (Å²) in [4.78, 5) is 36.1. The van der Waals surface area contributed by atoms with Gasteiger partial charge in [-0.2, -0.15) is 0 Å². The van der Waals surface area contributed by atoms with Crippen LogP contribution >= 0.6 is 11.3 Å². The zero-order chi connectivity index (χ0) is 32.2. The molecule has 1 N–H and O–H groups in total. The molecule has 3 aliphatic rings. The van der Waals surface area contributed by atoms with Crippen LogP contribution < -0.4 is 5.32 Å². The fourth-order valence-electron chi connectivity index (χ4n) is 7.29. The summed E-state index contributed by atoms with van der Waals surface area (Å²) in [6.07, 6.45) is 3.43. The predicted molar refractivity (Wildman–Crippen MR) is 173 cm³/mol. The van der Waals surface area contributed by atoms with Crippen molar-refractivity contribution in [3.63, 3.8) is 0 Å². The maximum absolute atomic E-state index is 14.0.